The maximum Gasteiger partial charge on any atom is 0.385 e. The van der Waals surface area contributed by atoms with Crippen molar-refractivity contribution in [3.63, 3.8) is 0 Å². The number of carbonyl (C=O) groups is 1. The molecule has 0 aromatic carbocycles. The first-order valence-corrected chi connectivity index (χ1v) is 4.05. The molecule has 0 aliphatic heterocycles. The molecule has 18 heavy (non-hydrogen) atoms. The minimum Gasteiger partial charge on any atom is -0.292 e. The Hall–Kier alpha value is -1.03. The van der Waals surface area contributed by atoms with Crippen molar-refractivity contribution in [3.8, 4) is 0 Å². The van der Waals surface area contributed by atoms with Crippen LogP contribution in [-0.4, -0.2) is 35.4 Å². The lowest BCUT2D eigenvalue weighted by molar-refractivity contribution is -0.383. The van der Waals surface area contributed by atoms with Crippen molar-refractivity contribution in [2.45, 2.75) is 36.0 Å². The smallest absolute Gasteiger partial charge is 0.292 e. The van der Waals surface area contributed by atoms with Gasteiger partial charge in [0.15, 0.2) is 0 Å². The SMILES string of the molecule is O=C1CC(F)(F)C(F)(F)C(F)(F)C(F)(F)C1(F)F. The molecule has 0 amide bonds. The fourth-order valence-electron chi connectivity index (χ4n) is 1.22. The van der Waals surface area contributed by atoms with Crippen LogP contribution in [-0.2, 0) is 4.79 Å². The Labute approximate surface area is 91.7 Å². The second-order valence-electron chi connectivity index (χ2n) is 3.60. The molecule has 1 saturated carbocycles. The van der Waals surface area contributed by atoms with Crippen molar-refractivity contribution in [2.24, 2.45) is 0 Å². The first-order chi connectivity index (χ1) is 7.63. The van der Waals surface area contributed by atoms with E-state index in [4.69, 9.17) is 0 Å². The molecule has 1 nitrogen and oxygen atoms in total. The summed E-state index contributed by atoms with van der Waals surface area (Å²) in [6.45, 7) is 0. The zero-order valence-electron chi connectivity index (χ0n) is 7.89. The highest BCUT2D eigenvalue weighted by Gasteiger charge is 2.90. The van der Waals surface area contributed by atoms with Gasteiger partial charge in [-0.1, -0.05) is 0 Å². The second-order valence-corrected chi connectivity index (χ2v) is 3.60. The molecule has 1 aliphatic carbocycles. The lowest BCUT2D eigenvalue weighted by Gasteiger charge is -2.34. The average molecular weight is 292 g/mol. The van der Waals surface area contributed by atoms with Crippen LogP contribution in [0.1, 0.15) is 6.42 Å². The summed E-state index contributed by atoms with van der Waals surface area (Å²) < 4.78 is 126. The first-order valence-electron chi connectivity index (χ1n) is 4.05. The molecule has 0 atom stereocenters. The molecule has 1 fully saturated rings. The molecule has 0 unspecified atom stereocenters. The summed E-state index contributed by atoms with van der Waals surface area (Å²) in [6, 6.07) is 0. The minimum absolute atomic E-state index is 3.11. The lowest BCUT2D eigenvalue weighted by Crippen LogP contribution is -2.64. The van der Waals surface area contributed by atoms with E-state index in [-0.39, 0.29) is 0 Å². The Morgan fingerprint density at radius 3 is 1.44 bits per heavy atom. The largest absolute Gasteiger partial charge is 0.385 e. The second kappa shape index (κ2) is 3.29. The van der Waals surface area contributed by atoms with Gasteiger partial charge in [0, 0.05) is 0 Å². The van der Waals surface area contributed by atoms with Crippen LogP contribution in [0.3, 0.4) is 0 Å². The highest BCUT2D eigenvalue weighted by Crippen LogP contribution is 2.60. The van der Waals surface area contributed by atoms with Crippen LogP contribution in [0, 0.1) is 0 Å². The van der Waals surface area contributed by atoms with Crippen LogP contribution >= 0.6 is 0 Å². The van der Waals surface area contributed by atoms with E-state index < -0.39 is 41.8 Å². The fourth-order valence-corrected chi connectivity index (χ4v) is 1.22. The predicted octanol–water partition coefficient (Wildman–Crippen LogP) is 3.14. The summed E-state index contributed by atoms with van der Waals surface area (Å²) in [5.41, 5.74) is 0. The molecule has 0 heterocycles. The number of rotatable bonds is 0. The molecule has 106 valence electrons. The maximum atomic E-state index is 12.6. The molecule has 11 heteroatoms. The van der Waals surface area contributed by atoms with E-state index in [1.807, 2.05) is 0 Å². The monoisotopic (exact) mass is 292 g/mol. The van der Waals surface area contributed by atoms with Gasteiger partial charge in [0.05, 0.1) is 6.42 Å². The van der Waals surface area contributed by atoms with Gasteiger partial charge in [0.25, 0.3) is 0 Å². The van der Waals surface area contributed by atoms with E-state index in [2.05, 4.69) is 0 Å². The number of hydrogen-bond acceptors (Lipinski definition) is 1. The molecular formula is C7H2F10O. The highest BCUT2D eigenvalue weighted by atomic mass is 19.4. The molecule has 0 N–H and O–H groups in total. The Morgan fingerprint density at radius 1 is 0.667 bits per heavy atom. The summed E-state index contributed by atoms with van der Waals surface area (Å²) in [5.74, 6) is -36.5. The van der Waals surface area contributed by atoms with Crippen LogP contribution in [0.2, 0.25) is 0 Å². The van der Waals surface area contributed by atoms with Gasteiger partial charge in [-0.05, 0) is 0 Å². The summed E-state index contributed by atoms with van der Waals surface area (Å²) in [6.07, 6.45) is -3.11. The maximum absolute atomic E-state index is 12.6. The van der Waals surface area contributed by atoms with Crippen LogP contribution in [0.4, 0.5) is 43.9 Å². The molecule has 0 saturated heterocycles. The first kappa shape index (κ1) is 15.0. The van der Waals surface area contributed by atoms with Crippen molar-refractivity contribution in [1.82, 2.24) is 0 Å². The predicted molar refractivity (Wildman–Crippen MR) is 34.4 cm³/mol. The molecule has 1 rings (SSSR count). The third kappa shape index (κ3) is 1.38. The third-order valence-electron chi connectivity index (χ3n) is 2.38. The van der Waals surface area contributed by atoms with Gasteiger partial charge in [-0.3, -0.25) is 4.79 Å². The van der Waals surface area contributed by atoms with Crippen molar-refractivity contribution in [3.05, 3.63) is 0 Å². The Kier molecular flexibility index (Phi) is 2.75. The van der Waals surface area contributed by atoms with Gasteiger partial charge in [0.2, 0.25) is 5.78 Å². The van der Waals surface area contributed by atoms with Crippen LogP contribution in [0.15, 0.2) is 0 Å². The molecule has 0 spiro atoms. The molecule has 1 aliphatic rings. The summed E-state index contributed by atoms with van der Waals surface area (Å²) in [4.78, 5) is 10.4. The van der Waals surface area contributed by atoms with E-state index in [0.717, 1.165) is 0 Å². The van der Waals surface area contributed by atoms with Crippen LogP contribution < -0.4 is 0 Å². The Bertz CT molecular complexity index is 384. The summed E-state index contributed by atoms with van der Waals surface area (Å²) in [5, 5.41) is 0. The van der Waals surface area contributed by atoms with E-state index in [0.29, 0.717) is 0 Å². The van der Waals surface area contributed by atoms with Gasteiger partial charge < -0.3 is 0 Å². The molecular weight excluding hydrogens is 290 g/mol. The number of Topliss-reactive ketones (excluding diaryl/α,β-unsaturated/α-hetero) is 1. The van der Waals surface area contributed by atoms with Gasteiger partial charge in [-0.15, -0.1) is 0 Å². The van der Waals surface area contributed by atoms with E-state index in [9.17, 15) is 48.7 Å². The van der Waals surface area contributed by atoms with Gasteiger partial charge in [0.1, 0.15) is 0 Å². The minimum atomic E-state index is -7.08. The highest BCUT2D eigenvalue weighted by molar-refractivity contribution is 5.88. The molecule has 0 aromatic rings. The van der Waals surface area contributed by atoms with Crippen LogP contribution in [0.25, 0.3) is 0 Å². The van der Waals surface area contributed by atoms with Crippen molar-refractivity contribution in [1.29, 1.82) is 0 Å². The lowest BCUT2D eigenvalue weighted by atomic mass is 9.99. The zero-order chi connectivity index (χ0) is 14.8. The van der Waals surface area contributed by atoms with E-state index >= 15 is 0 Å². The zero-order valence-corrected chi connectivity index (χ0v) is 7.89. The number of carbonyl (C=O) groups excluding carboxylic acids is 1. The Balaban J connectivity index is 3.62. The number of hydrogen-bond donors (Lipinski definition) is 0. The van der Waals surface area contributed by atoms with Crippen molar-refractivity contribution in [2.75, 3.05) is 0 Å². The molecule has 0 aromatic heterocycles. The topological polar surface area (TPSA) is 17.1 Å². The van der Waals surface area contributed by atoms with Crippen molar-refractivity contribution < 1.29 is 48.7 Å². The normalized spacial score (nSPS) is 31.8. The molecule has 0 radical (unpaired) electrons. The quantitative estimate of drug-likeness (QED) is 0.495. The summed E-state index contributed by atoms with van der Waals surface area (Å²) in [7, 11) is 0. The van der Waals surface area contributed by atoms with Crippen LogP contribution in [0.5, 0.6) is 0 Å². The standard InChI is InChI=1S/C7H2F10O/c8-3(9)1-2(18)4(10,11)6(14,15)7(16,17)5(3,12)13/h1H2. The van der Waals surface area contributed by atoms with Gasteiger partial charge in [-0.2, -0.15) is 43.9 Å². The van der Waals surface area contributed by atoms with Gasteiger partial charge >= 0.3 is 29.6 Å². The Morgan fingerprint density at radius 2 is 1.06 bits per heavy atom. The fraction of sp³-hybridized carbons (Fsp3) is 0.857. The van der Waals surface area contributed by atoms with Gasteiger partial charge in [-0.25, -0.2) is 0 Å². The third-order valence-corrected chi connectivity index (χ3v) is 2.38. The number of halogens is 10. The summed E-state index contributed by atoms with van der Waals surface area (Å²) >= 11 is 0. The number of ketones is 1. The van der Waals surface area contributed by atoms with E-state index in [1.165, 1.54) is 0 Å². The number of alkyl halides is 10. The molecule has 0 bridgehead atoms. The van der Waals surface area contributed by atoms with E-state index in [1.54, 1.807) is 0 Å². The average Bonchev–Trinajstić information content (AvgIpc) is 2.15. The van der Waals surface area contributed by atoms with Crippen molar-refractivity contribution >= 4 is 5.78 Å².